The van der Waals surface area contributed by atoms with Crippen molar-refractivity contribution in [2.24, 2.45) is 0 Å². The lowest BCUT2D eigenvalue weighted by molar-refractivity contribution is -0.130. The number of hydrogen-bond donors (Lipinski definition) is 3. The summed E-state index contributed by atoms with van der Waals surface area (Å²) < 4.78 is 5.64. The number of phenolic OH excluding ortho intramolecular Hbond substituents is 1. The highest BCUT2D eigenvalue weighted by molar-refractivity contribution is 9.10. The molecule has 0 saturated carbocycles. The van der Waals surface area contributed by atoms with Crippen LogP contribution in [0.2, 0.25) is 0 Å². The number of amides is 2. The summed E-state index contributed by atoms with van der Waals surface area (Å²) in [6.45, 7) is 4.86. The number of carbonyl (C=O) groups is 3. The third-order valence-corrected chi connectivity index (χ3v) is 4.49. The van der Waals surface area contributed by atoms with E-state index < -0.39 is 23.9 Å². The van der Waals surface area contributed by atoms with Gasteiger partial charge in [0.1, 0.15) is 11.3 Å². The molecule has 1 atom stereocenters. The maximum atomic E-state index is 12.1. The Balaban J connectivity index is 1.89. The monoisotopic (exact) mass is 448 g/mol. The Morgan fingerprint density at radius 1 is 1.14 bits per heavy atom. The van der Waals surface area contributed by atoms with Gasteiger partial charge in [-0.05, 0) is 50.1 Å². The number of ether oxygens (including phenoxy) is 1. The molecule has 8 heteroatoms. The summed E-state index contributed by atoms with van der Waals surface area (Å²) in [4.78, 5) is 36.3. The molecule has 0 aliphatic rings. The Bertz CT molecular complexity index is 893. The van der Waals surface area contributed by atoms with Gasteiger partial charge in [-0.3, -0.25) is 9.59 Å². The molecule has 0 spiro atoms. The van der Waals surface area contributed by atoms with Crippen LogP contribution < -0.4 is 10.6 Å². The summed E-state index contributed by atoms with van der Waals surface area (Å²) >= 11 is 3.20. The highest BCUT2D eigenvalue weighted by Crippen LogP contribution is 2.23. The maximum absolute atomic E-state index is 12.1. The van der Waals surface area contributed by atoms with Gasteiger partial charge in [0.2, 0.25) is 5.91 Å². The van der Waals surface area contributed by atoms with Crippen LogP contribution in [0.25, 0.3) is 0 Å². The first-order valence-corrected chi connectivity index (χ1v) is 9.31. The van der Waals surface area contributed by atoms with Crippen molar-refractivity contribution in [2.75, 3.05) is 11.9 Å². The van der Waals surface area contributed by atoms with Crippen molar-refractivity contribution >= 4 is 39.4 Å². The lowest BCUT2D eigenvalue weighted by Crippen LogP contribution is -2.40. The van der Waals surface area contributed by atoms with Crippen molar-refractivity contribution in [3.05, 3.63) is 57.6 Å². The molecule has 2 aromatic rings. The summed E-state index contributed by atoms with van der Waals surface area (Å²) in [6, 6.07) is 9.93. The zero-order valence-corrected chi connectivity index (χ0v) is 17.3. The minimum atomic E-state index is -1.14. The van der Waals surface area contributed by atoms with Gasteiger partial charge in [0.05, 0.1) is 6.54 Å². The van der Waals surface area contributed by atoms with Gasteiger partial charge in [-0.25, -0.2) is 4.79 Å². The lowest BCUT2D eigenvalue weighted by Gasteiger charge is -2.15. The van der Waals surface area contributed by atoms with E-state index in [1.807, 2.05) is 32.0 Å². The first-order valence-electron chi connectivity index (χ1n) is 8.52. The molecular formula is C20H21BrN2O5. The number of esters is 1. The molecule has 7 nitrogen and oxygen atoms in total. The second-order valence-corrected chi connectivity index (χ2v) is 7.16. The molecule has 2 amide bonds. The normalized spacial score (nSPS) is 11.4. The molecular weight excluding hydrogens is 428 g/mol. The third kappa shape index (κ3) is 5.56. The van der Waals surface area contributed by atoms with E-state index >= 15 is 0 Å². The van der Waals surface area contributed by atoms with Gasteiger partial charge in [0.25, 0.3) is 5.91 Å². The third-order valence-electron chi connectivity index (χ3n) is 4.00. The molecule has 148 valence electrons. The van der Waals surface area contributed by atoms with Gasteiger partial charge in [-0.15, -0.1) is 0 Å². The van der Waals surface area contributed by atoms with Gasteiger partial charge >= 0.3 is 5.97 Å². The topological polar surface area (TPSA) is 105 Å². The largest absolute Gasteiger partial charge is 0.507 e. The minimum Gasteiger partial charge on any atom is -0.507 e. The predicted molar refractivity (Wildman–Crippen MR) is 108 cm³/mol. The van der Waals surface area contributed by atoms with Crippen molar-refractivity contribution in [3.63, 3.8) is 0 Å². The number of hydrogen-bond acceptors (Lipinski definition) is 5. The molecule has 1 unspecified atom stereocenters. The van der Waals surface area contributed by atoms with Crippen LogP contribution in [0.1, 0.15) is 28.4 Å². The Morgan fingerprint density at radius 3 is 2.43 bits per heavy atom. The number of aromatic hydroxyl groups is 1. The van der Waals surface area contributed by atoms with E-state index in [9.17, 15) is 19.5 Å². The van der Waals surface area contributed by atoms with Crippen molar-refractivity contribution in [2.45, 2.75) is 26.9 Å². The fraction of sp³-hybridized carbons (Fsp3) is 0.250. The van der Waals surface area contributed by atoms with Crippen LogP contribution in [-0.4, -0.2) is 35.5 Å². The van der Waals surface area contributed by atoms with Crippen LogP contribution in [0, 0.1) is 13.8 Å². The van der Waals surface area contributed by atoms with Gasteiger partial charge in [-0.1, -0.05) is 34.1 Å². The fourth-order valence-electron chi connectivity index (χ4n) is 2.46. The van der Waals surface area contributed by atoms with Crippen LogP contribution in [0.5, 0.6) is 5.75 Å². The molecule has 0 bridgehead atoms. The van der Waals surface area contributed by atoms with E-state index in [0.717, 1.165) is 11.1 Å². The predicted octanol–water partition coefficient (Wildman–Crippen LogP) is 3.07. The highest BCUT2D eigenvalue weighted by atomic mass is 79.9. The molecule has 0 aliphatic carbocycles. The first kappa shape index (κ1) is 21.4. The molecule has 28 heavy (non-hydrogen) atoms. The minimum absolute atomic E-state index is 0.0678. The summed E-state index contributed by atoms with van der Waals surface area (Å²) in [5.41, 5.74) is 2.46. The molecule has 0 aliphatic heterocycles. The summed E-state index contributed by atoms with van der Waals surface area (Å²) in [5, 5.41) is 14.9. The van der Waals surface area contributed by atoms with Crippen LogP contribution in [-0.2, 0) is 14.3 Å². The summed E-state index contributed by atoms with van der Waals surface area (Å²) in [5.74, 6) is -2.12. The smallest absolute Gasteiger partial charge is 0.342 e. The lowest BCUT2D eigenvalue weighted by atomic mass is 10.1. The second-order valence-electron chi connectivity index (χ2n) is 6.24. The number of nitrogens with one attached hydrogen (secondary N) is 2. The Labute approximate surface area is 171 Å². The van der Waals surface area contributed by atoms with Crippen LogP contribution in [0.3, 0.4) is 0 Å². The molecule has 0 saturated heterocycles. The second kappa shape index (κ2) is 9.36. The summed E-state index contributed by atoms with van der Waals surface area (Å²) in [6.07, 6.45) is -1.14. The quantitative estimate of drug-likeness (QED) is 0.588. The zero-order chi connectivity index (χ0) is 20.8. The number of aryl methyl sites for hydroxylation is 2. The van der Waals surface area contributed by atoms with E-state index in [0.29, 0.717) is 10.2 Å². The van der Waals surface area contributed by atoms with E-state index in [-0.39, 0.29) is 17.9 Å². The van der Waals surface area contributed by atoms with Crippen molar-refractivity contribution in [1.29, 1.82) is 0 Å². The molecule has 2 rings (SSSR count). The van der Waals surface area contributed by atoms with Crippen molar-refractivity contribution in [1.82, 2.24) is 5.32 Å². The van der Waals surface area contributed by atoms with E-state index in [1.165, 1.54) is 19.1 Å². The Morgan fingerprint density at radius 2 is 1.79 bits per heavy atom. The number of halogens is 1. The number of para-hydroxylation sites is 1. The molecule has 0 aromatic heterocycles. The van der Waals surface area contributed by atoms with E-state index in [2.05, 4.69) is 26.6 Å². The van der Waals surface area contributed by atoms with E-state index in [1.54, 1.807) is 6.07 Å². The van der Waals surface area contributed by atoms with Crippen molar-refractivity contribution in [3.8, 4) is 5.75 Å². The zero-order valence-electron chi connectivity index (χ0n) is 15.7. The average molecular weight is 449 g/mol. The van der Waals surface area contributed by atoms with E-state index in [4.69, 9.17) is 4.74 Å². The summed E-state index contributed by atoms with van der Waals surface area (Å²) in [7, 11) is 0. The molecule has 2 aromatic carbocycles. The number of phenols is 1. The highest BCUT2D eigenvalue weighted by Gasteiger charge is 2.21. The van der Waals surface area contributed by atoms with Crippen LogP contribution in [0.4, 0.5) is 5.69 Å². The number of benzene rings is 2. The number of rotatable bonds is 6. The molecule has 0 fully saturated rings. The van der Waals surface area contributed by atoms with Gasteiger partial charge < -0.3 is 20.5 Å². The maximum Gasteiger partial charge on any atom is 0.342 e. The fourth-order valence-corrected chi connectivity index (χ4v) is 2.82. The first-order chi connectivity index (χ1) is 13.2. The van der Waals surface area contributed by atoms with Crippen molar-refractivity contribution < 1.29 is 24.2 Å². The molecule has 0 radical (unpaired) electrons. The average Bonchev–Trinajstić information content (AvgIpc) is 2.64. The van der Waals surface area contributed by atoms with Gasteiger partial charge in [-0.2, -0.15) is 0 Å². The molecule has 3 N–H and O–H groups in total. The van der Waals surface area contributed by atoms with Crippen LogP contribution in [0.15, 0.2) is 40.9 Å². The number of anilines is 1. The SMILES string of the molecule is Cc1cccc(C)c1NC(=O)CNC(=O)C(C)OC(=O)c1cc(Br)ccc1O. The number of carbonyl (C=O) groups excluding carboxylic acids is 3. The van der Waals surface area contributed by atoms with Gasteiger partial charge in [0, 0.05) is 10.2 Å². The Kier molecular flexibility index (Phi) is 7.17. The van der Waals surface area contributed by atoms with Gasteiger partial charge in [0.15, 0.2) is 6.10 Å². The van der Waals surface area contributed by atoms with Crippen LogP contribution >= 0.6 is 15.9 Å². The standard InChI is InChI=1S/C20H21BrN2O5/c1-11-5-4-6-12(2)18(11)23-17(25)10-22-19(26)13(3)28-20(27)15-9-14(21)7-8-16(15)24/h4-9,13,24H,10H2,1-3H3,(H,22,26)(H,23,25). The molecule has 0 heterocycles. The Hall–Kier alpha value is -2.87.